The Morgan fingerprint density at radius 1 is 1.00 bits per heavy atom. The average molecular weight is 487 g/mol. The smallest absolute Gasteiger partial charge is 0.338 e. The maximum Gasteiger partial charge on any atom is 0.338 e. The maximum atomic E-state index is 13.2. The van der Waals surface area contributed by atoms with Gasteiger partial charge < -0.3 is 10.1 Å². The fraction of sp³-hybridized carbons (Fsp3) is 0.167. The Bertz CT molecular complexity index is 1230. The van der Waals surface area contributed by atoms with Crippen LogP contribution < -0.4 is 9.62 Å². The van der Waals surface area contributed by atoms with Gasteiger partial charge in [-0.15, -0.1) is 0 Å². The summed E-state index contributed by atoms with van der Waals surface area (Å²) in [5.41, 5.74) is 1.03. The lowest BCUT2D eigenvalue weighted by Crippen LogP contribution is -2.31. The summed E-state index contributed by atoms with van der Waals surface area (Å²) < 4.78 is 32.9. The predicted molar refractivity (Wildman–Crippen MR) is 128 cm³/mol. The Morgan fingerprint density at radius 3 is 2.30 bits per heavy atom. The zero-order valence-corrected chi connectivity index (χ0v) is 19.6. The van der Waals surface area contributed by atoms with Crippen molar-refractivity contribution in [3.8, 4) is 0 Å². The molecule has 0 bridgehead atoms. The number of rotatable bonds is 8. The molecule has 0 heterocycles. The molecule has 7 nitrogen and oxygen atoms in total. The number of esters is 1. The first-order valence-electron chi connectivity index (χ1n) is 10.2. The first-order valence-corrected chi connectivity index (χ1v) is 12.0. The normalized spacial score (nSPS) is 12.0. The number of carbonyl (C=O) groups is 2. The van der Waals surface area contributed by atoms with E-state index in [1.165, 1.54) is 35.5 Å². The highest BCUT2D eigenvalue weighted by Crippen LogP contribution is 2.24. The van der Waals surface area contributed by atoms with E-state index in [0.29, 0.717) is 16.4 Å². The number of nitrogens with one attached hydrogen (secondary N) is 1. The second-order valence-corrected chi connectivity index (χ2v) is 9.38. The molecule has 1 N–H and O–H groups in total. The van der Waals surface area contributed by atoms with Gasteiger partial charge in [0.25, 0.3) is 15.9 Å². The number of nitrogens with zero attached hydrogens (tertiary/aromatic N) is 1. The van der Waals surface area contributed by atoms with Gasteiger partial charge in [0.1, 0.15) is 0 Å². The fourth-order valence-electron chi connectivity index (χ4n) is 3.06. The third-order valence-corrected chi connectivity index (χ3v) is 6.90. The molecule has 0 aliphatic heterocycles. The number of amides is 1. The van der Waals surface area contributed by atoms with Crippen LogP contribution in [0.1, 0.15) is 24.2 Å². The summed E-state index contributed by atoms with van der Waals surface area (Å²) >= 11 is 5.83. The molecule has 0 fully saturated rings. The predicted octanol–water partition coefficient (Wildman–Crippen LogP) is 4.74. The molecule has 33 heavy (non-hydrogen) atoms. The molecule has 0 saturated heterocycles. The van der Waals surface area contributed by atoms with Crippen LogP contribution in [0.3, 0.4) is 0 Å². The van der Waals surface area contributed by atoms with E-state index in [4.69, 9.17) is 16.3 Å². The van der Waals surface area contributed by atoms with E-state index < -0.39 is 28.0 Å². The Labute approximate surface area is 198 Å². The largest absolute Gasteiger partial charge is 0.449 e. The summed E-state index contributed by atoms with van der Waals surface area (Å²) in [5, 5.41) is 3.15. The Hall–Kier alpha value is -3.36. The molecule has 0 aromatic heterocycles. The van der Waals surface area contributed by atoms with Gasteiger partial charge in [-0.05, 0) is 68.4 Å². The maximum absolute atomic E-state index is 13.2. The molecule has 0 unspecified atom stereocenters. The number of hydrogen-bond acceptors (Lipinski definition) is 5. The third-order valence-electron chi connectivity index (χ3n) is 4.75. The lowest BCUT2D eigenvalue weighted by molar-refractivity contribution is -0.123. The molecule has 9 heteroatoms. The molecular weight excluding hydrogens is 464 g/mol. The van der Waals surface area contributed by atoms with Crippen LogP contribution in [-0.4, -0.2) is 32.9 Å². The van der Waals surface area contributed by atoms with Crippen LogP contribution in [-0.2, 0) is 19.6 Å². The van der Waals surface area contributed by atoms with Crippen molar-refractivity contribution in [2.45, 2.75) is 24.8 Å². The highest BCUT2D eigenvalue weighted by molar-refractivity contribution is 7.92. The van der Waals surface area contributed by atoms with Crippen molar-refractivity contribution in [2.24, 2.45) is 0 Å². The Kier molecular flexibility index (Phi) is 7.73. The van der Waals surface area contributed by atoms with Gasteiger partial charge in [-0.2, -0.15) is 0 Å². The number of anilines is 2. The minimum atomic E-state index is -3.91. The van der Waals surface area contributed by atoms with Crippen molar-refractivity contribution < 1.29 is 22.7 Å². The summed E-state index contributed by atoms with van der Waals surface area (Å²) in [6.07, 6.45) is -1.11. The van der Waals surface area contributed by atoms with Crippen molar-refractivity contribution in [2.75, 3.05) is 16.2 Å². The van der Waals surface area contributed by atoms with Crippen molar-refractivity contribution in [3.05, 3.63) is 89.4 Å². The topological polar surface area (TPSA) is 92.8 Å². The molecule has 0 aliphatic carbocycles. The second-order valence-electron chi connectivity index (χ2n) is 7.08. The van der Waals surface area contributed by atoms with Gasteiger partial charge >= 0.3 is 5.97 Å². The number of halogens is 1. The minimum Gasteiger partial charge on any atom is -0.449 e. The van der Waals surface area contributed by atoms with Gasteiger partial charge in [-0.1, -0.05) is 35.9 Å². The van der Waals surface area contributed by atoms with E-state index in [2.05, 4.69) is 5.32 Å². The van der Waals surface area contributed by atoms with Crippen molar-refractivity contribution in [3.63, 3.8) is 0 Å². The molecule has 3 aromatic carbocycles. The van der Waals surface area contributed by atoms with Crippen molar-refractivity contribution in [1.82, 2.24) is 0 Å². The van der Waals surface area contributed by atoms with E-state index in [-0.39, 0.29) is 17.0 Å². The van der Waals surface area contributed by atoms with E-state index in [9.17, 15) is 18.0 Å². The van der Waals surface area contributed by atoms with E-state index >= 15 is 0 Å². The van der Waals surface area contributed by atoms with Crippen LogP contribution in [0.5, 0.6) is 0 Å². The summed E-state index contributed by atoms with van der Waals surface area (Å²) in [6.45, 7) is 3.37. The number of sulfonamides is 1. The molecular formula is C24H23ClN2O5S. The molecule has 0 saturated carbocycles. The SMILES string of the molecule is CCN(c1ccccc1)S(=O)(=O)c1cccc(C(=O)O[C@H](C)C(=O)Nc2ccc(Cl)cc2)c1. The minimum absolute atomic E-state index is 0.0198. The highest BCUT2D eigenvalue weighted by Gasteiger charge is 2.25. The van der Waals surface area contributed by atoms with Crippen molar-refractivity contribution in [1.29, 1.82) is 0 Å². The van der Waals surface area contributed by atoms with Gasteiger partial charge in [-0.25, -0.2) is 13.2 Å². The summed E-state index contributed by atoms with van der Waals surface area (Å²) in [6, 6.07) is 20.7. The lowest BCUT2D eigenvalue weighted by atomic mass is 10.2. The first-order chi connectivity index (χ1) is 15.7. The number of benzene rings is 3. The zero-order valence-electron chi connectivity index (χ0n) is 18.1. The second kappa shape index (κ2) is 10.5. The Morgan fingerprint density at radius 2 is 1.67 bits per heavy atom. The summed E-state index contributed by atoms with van der Waals surface area (Å²) in [7, 11) is -3.91. The number of hydrogen-bond donors (Lipinski definition) is 1. The molecule has 0 spiro atoms. The summed E-state index contributed by atoms with van der Waals surface area (Å²) in [4.78, 5) is 24.9. The lowest BCUT2D eigenvalue weighted by Gasteiger charge is -2.23. The van der Waals surface area contributed by atoms with E-state index in [1.54, 1.807) is 61.5 Å². The van der Waals surface area contributed by atoms with Crippen LogP contribution in [0, 0.1) is 0 Å². The molecule has 1 amide bonds. The molecule has 1 atom stereocenters. The molecule has 172 valence electrons. The monoisotopic (exact) mass is 486 g/mol. The molecule has 0 radical (unpaired) electrons. The first kappa shape index (κ1) is 24.3. The molecule has 3 aromatic rings. The van der Waals surface area contributed by atoms with Gasteiger partial charge in [0.05, 0.1) is 16.1 Å². The highest BCUT2D eigenvalue weighted by atomic mass is 35.5. The number of ether oxygens (including phenoxy) is 1. The van der Waals surface area contributed by atoms with Crippen LogP contribution in [0.4, 0.5) is 11.4 Å². The third kappa shape index (κ3) is 5.91. The van der Waals surface area contributed by atoms with Crippen LogP contribution in [0.2, 0.25) is 5.02 Å². The molecule has 3 rings (SSSR count). The Balaban J connectivity index is 1.74. The summed E-state index contributed by atoms with van der Waals surface area (Å²) in [5.74, 6) is -1.34. The van der Waals surface area contributed by atoms with Crippen molar-refractivity contribution >= 4 is 44.9 Å². The van der Waals surface area contributed by atoms with Crippen LogP contribution in [0.25, 0.3) is 0 Å². The van der Waals surface area contributed by atoms with Gasteiger partial charge in [-0.3, -0.25) is 9.10 Å². The average Bonchev–Trinajstić information content (AvgIpc) is 2.81. The number of para-hydroxylation sites is 1. The quantitative estimate of drug-likeness (QED) is 0.464. The van der Waals surface area contributed by atoms with Gasteiger partial charge in [0, 0.05) is 17.3 Å². The standard InChI is InChI=1S/C24H23ClN2O5S/c1-3-27(21-9-5-4-6-10-21)33(30,31)22-11-7-8-18(16-22)24(29)32-17(2)23(28)26-20-14-12-19(25)13-15-20/h4-17H,3H2,1-2H3,(H,26,28)/t17-/m1/s1. The number of carbonyl (C=O) groups excluding carboxylic acids is 2. The van der Waals surface area contributed by atoms with Gasteiger partial charge in [0.15, 0.2) is 6.10 Å². The zero-order chi connectivity index (χ0) is 24.0. The van der Waals surface area contributed by atoms with Crippen LogP contribution in [0.15, 0.2) is 83.8 Å². The van der Waals surface area contributed by atoms with Gasteiger partial charge in [0.2, 0.25) is 0 Å². The molecule has 0 aliphatic rings. The van der Waals surface area contributed by atoms with E-state index in [0.717, 1.165) is 0 Å². The van der Waals surface area contributed by atoms with Crippen LogP contribution >= 0.6 is 11.6 Å². The fourth-order valence-corrected chi connectivity index (χ4v) is 4.70. The van der Waals surface area contributed by atoms with E-state index in [1.807, 2.05) is 0 Å².